The number of nitrogens with zero attached hydrogens (tertiary/aromatic N) is 7. The van der Waals surface area contributed by atoms with Crippen LogP contribution in [0.4, 0.5) is 19.0 Å². The van der Waals surface area contributed by atoms with Gasteiger partial charge in [0.15, 0.2) is 0 Å². The van der Waals surface area contributed by atoms with Crippen LogP contribution in [0.3, 0.4) is 0 Å². The van der Waals surface area contributed by atoms with Crippen molar-refractivity contribution in [2.75, 3.05) is 51.4 Å². The molecule has 0 atom stereocenters. The summed E-state index contributed by atoms with van der Waals surface area (Å²) in [5, 5.41) is 13.8. The fourth-order valence-corrected chi connectivity index (χ4v) is 4.60. The smallest absolute Gasteiger partial charge is 0.488 e. The summed E-state index contributed by atoms with van der Waals surface area (Å²) in [4.78, 5) is 24.4. The lowest BCUT2D eigenvalue weighted by atomic mass is 10.1. The number of esters is 1. The SMILES string of the molecule is COc1ccc(CN2CCN(c3ccc(-c4cc(OCCOC(=O)C(F)(F)F)cn5ncc(C#N)c45)cn3)CC2)cn1. The fourth-order valence-electron chi connectivity index (χ4n) is 4.60. The van der Waals surface area contributed by atoms with Gasteiger partial charge in [-0.1, -0.05) is 6.07 Å². The van der Waals surface area contributed by atoms with Crippen LogP contribution in [-0.4, -0.2) is 83.1 Å². The Hall–Kier alpha value is -4.90. The summed E-state index contributed by atoms with van der Waals surface area (Å²) in [5.41, 5.74) is 3.28. The number of rotatable bonds is 9. The van der Waals surface area contributed by atoms with E-state index in [0.717, 1.165) is 44.1 Å². The molecule has 0 radical (unpaired) electrons. The van der Waals surface area contributed by atoms with Crippen LogP contribution in [0.1, 0.15) is 11.1 Å². The predicted octanol–water partition coefficient (Wildman–Crippen LogP) is 3.48. The zero-order valence-electron chi connectivity index (χ0n) is 22.5. The number of hydrogen-bond donors (Lipinski definition) is 0. The molecule has 1 aliphatic rings. The second-order valence-corrected chi connectivity index (χ2v) is 9.41. The molecule has 0 amide bonds. The molecule has 4 aromatic rings. The molecule has 0 saturated carbocycles. The average Bonchev–Trinajstić information content (AvgIpc) is 3.42. The zero-order valence-corrected chi connectivity index (χ0v) is 22.5. The Morgan fingerprint density at radius 2 is 1.86 bits per heavy atom. The number of carbonyl (C=O) groups excluding carboxylic acids is 1. The molecule has 0 aromatic carbocycles. The Kier molecular flexibility index (Phi) is 8.39. The minimum Gasteiger partial charge on any atom is -0.488 e. The summed E-state index contributed by atoms with van der Waals surface area (Å²) in [7, 11) is 1.59. The van der Waals surface area contributed by atoms with Gasteiger partial charge >= 0.3 is 12.1 Å². The molecule has 11 nitrogen and oxygen atoms in total. The van der Waals surface area contributed by atoms with Gasteiger partial charge in [-0.05, 0) is 23.8 Å². The van der Waals surface area contributed by atoms with Crippen LogP contribution < -0.4 is 14.4 Å². The van der Waals surface area contributed by atoms with Gasteiger partial charge in [-0.2, -0.15) is 23.5 Å². The molecule has 0 unspecified atom stereocenters. The van der Waals surface area contributed by atoms with Gasteiger partial charge in [-0.3, -0.25) is 4.90 Å². The summed E-state index contributed by atoms with van der Waals surface area (Å²) in [6.45, 7) is 3.20. The molecule has 1 aliphatic heterocycles. The number of piperazine rings is 1. The van der Waals surface area contributed by atoms with Gasteiger partial charge in [-0.15, -0.1) is 0 Å². The van der Waals surface area contributed by atoms with Crippen LogP contribution >= 0.6 is 0 Å². The van der Waals surface area contributed by atoms with E-state index in [1.54, 1.807) is 19.4 Å². The topological polar surface area (TPSA) is 118 Å². The lowest BCUT2D eigenvalue weighted by Gasteiger charge is -2.35. The van der Waals surface area contributed by atoms with Gasteiger partial charge in [0, 0.05) is 62.3 Å². The third kappa shape index (κ3) is 6.52. The van der Waals surface area contributed by atoms with E-state index in [9.17, 15) is 23.2 Å². The lowest BCUT2D eigenvalue weighted by molar-refractivity contribution is -0.200. The summed E-state index contributed by atoms with van der Waals surface area (Å²) in [6.07, 6.45) is 1.36. The van der Waals surface area contributed by atoms with E-state index >= 15 is 0 Å². The molecule has 0 aliphatic carbocycles. The largest absolute Gasteiger partial charge is 0.490 e. The molecule has 0 spiro atoms. The number of fused-ring (bicyclic) bond motifs is 1. The molecule has 5 heterocycles. The zero-order chi connectivity index (χ0) is 29.7. The quantitative estimate of drug-likeness (QED) is 0.215. The number of nitriles is 1. The van der Waals surface area contributed by atoms with E-state index in [0.29, 0.717) is 28.1 Å². The van der Waals surface area contributed by atoms with E-state index in [2.05, 4.69) is 35.7 Å². The van der Waals surface area contributed by atoms with E-state index < -0.39 is 18.8 Å². The standard InChI is InChI=1S/C28H26F3N7O4/c1-40-25-5-2-19(14-34-25)17-36-6-8-37(9-7-36)24-4-3-20(15-33-24)23-12-22(18-38-26(23)21(13-32)16-35-38)41-10-11-42-27(39)28(29,30)31/h2-5,12,14-16,18H,6-11,17H2,1H3. The third-order valence-electron chi connectivity index (χ3n) is 6.69. The molecule has 0 bridgehead atoms. The fraction of sp³-hybridized carbons (Fsp3) is 0.321. The van der Waals surface area contributed by atoms with Crippen LogP contribution in [0.15, 0.2) is 55.1 Å². The van der Waals surface area contributed by atoms with Gasteiger partial charge in [0.05, 0.1) is 30.6 Å². The number of methoxy groups -OCH3 is 1. The van der Waals surface area contributed by atoms with Crippen molar-refractivity contribution in [3.8, 4) is 28.8 Å². The maximum Gasteiger partial charge on any atom is 0.490 e. The molecule has 42 heavy (non-hydrogen) atoms. The second kappa shape index (κ2) is 12.3. The Balaban J connectivity index is 1.25. The van der Waals surface area contributed by atoms with Crippen molar-refractivity contribution < 1.29 is 32.2 Å². The van der Waals surface area contributed by atoms with Crippen LogP contribution in [0.25, 0.3) is 16.6 Å². The molecule has 4 aromatic heterocycles. The van der Waals surface area contributed by atoms with Gasteiger partial charge in [0.2, 0.25) is 5.88 Å². The normalized spacial score (nSPS) is 14.0. The van der Waals surface area contributed by atoms with E-state index in [4.69, 9.17) is 9.47 Å². The van der Waals surface area contributed by atoms with Crippen molar-refractivity contribution in [1.82, 2.24) is 24.5 Å². The van der Waals surface area contributed by atoms with Crippen LogP contribution in [0.5, 0.6) is 11.6 Å². The first-order valence-corrected chi connectivity index (χ1v) is 13.0. The van der Waals surface area contributed by atoms with Crippen molar-refractivity contribution in [3.63, 3.8) is 0 Å². The number of anilines is 1. The van der Waals surface area contributed by atoms with Gasteiger partial charge in [0.25, 0.3) is 0 Å². The highest BCUT2D eigenvalue weighted by Gasteiger charge is 2.40. The van der Waals surface area contributed by atoms with Crippen LogP contribution in [0.2, 0.25) is 0 Å². The molecule has 1 saturated heterocycles. The van der Waals surface area contributed by atoms with Crippen molar-refractivity contribution >= 4 is 17.3 Å². The predicted molar refractivity (Wildman–Crippen MR) is 144 cm³/mol. The molecule has 14 heteroatoms. The van der Waals surface area contributed by atoms with Crippen LogP contribution in [-0.2, 0) is 16.1 Å². The van der Waals surface area contributed by atoms with Gasteiger partial charge in [-0.25, -0.2) is 19.3 Å². The Morgan fingerprint density at radius 3 is 2.50 bits per heavy atom. The highest BCUT2D eigenvalue weighted by atomic mass is 19.4. The van der Waals surface area contributed by atoms with Crippen molar-refractivity contribution in [2.45, 2.75) is 12.7 Å². The van der Waals surface area contributed by atoms with E-state index in [-0.39, 0.29) is 12.4 Å². The molecule has 218 valence electrons. The first-order valence-electron chi connectivity index (χ1n) is 13.0. The monoisotopic (exact) mass is 581 g/mol. The molecule has 0 N–H and O–H groups in total. The Labute approximate surface area is 238 Å². The second-order valence-electron chi connectivity index (χ2n) is 9.41. The summed E-state index contributed by atoms with van der Waals surface area (Å²) in [5.74, 6) is -0.619. The first-order chi connectivity index (χ1) is 20.2. The number of aromatic nitrogens is 4. The number of halogens is 3. The maximum absolute atomic E-state index is 12.3. The van der Waals surface area contributed by atoms with Gasteiger partial charge in [0.1, 0.15) is 30.9 Å². The van der Waals surface area contributed by atoms with Crippen molar-refractivity contribution in [3.05, 3.63) is 66.2 Å². The Morgan fingerprint density at radius 1 is 1.05 bits per heavy atom. The average molecular weight is 582 g/mol. The van der Waals surface area contributed by atoms with E-state index in [1.807, 2.05) is 30.5 Å². The van der Waals surface area contributed by atoms with Gasteiger partial charge < -0.3 is 19.1 Å². The summed E-state index contributed by atoms with van der Waals surface area (Å²) in [6, 6.07) is 11.4. The highest BCUT2D eigenvalue weighted by molar-refractivity contribution is 5.85. The number of carbonyl (C=O) groups is 1. The minimum absolute atomic E-state index is 0.264. The van der Waals surface area contributed by atoms with Crippen molar-refractivity contribution in [1.29, 1.82) is 5.26 Å². The summed E-state index contributed by atoms with van der Waals surface area (Å²) < 4.78 is 53.3. The molecular formula is C28H26F3N7O4. The Bertz CT molecular complexity index is 1580. The molecular weight excluding hydrogens is 555 g/mol. The number of pyridine rings is 3. The minimum atomic E-state index is -5.07. The van der Waals surface area contributed by atoms with Crippen molar-refractivity contribution in [2.24, 2.45) is 0 Å². The molecule has 5 rings (SSSR count). The number of hydrogen-bond acceptors (Lipinski definition) is 10. The summed E-state index contributed by atoms with van der Waals surface area (Å²) >= 11 is 0. The number of ether oxygens (including phenoxy) is 3. The molecule has 1 fully saturated rings. The first kappa shape index (κ1) is 28.6. The maximum atomic E-state index is 12.3. The third-order valence-corrected chi connectivity index (χ3v) is 6.69. The van der Waals surface area contributed by atoms with Crippen LogP contribution in [0, 0.1) is 11.3 Å². The van der Waals surface area contributed by atoms with E-state index in [1.165, 1.54) is 16.9 Å². The lowest BCUT2D eigenvalue weighted by Crippen LogP contribution is -2.46. The highest BCUT2D eigenvalue weighted by Crippen LogP contribution is 2.31. The number of alkyl halides is 3.